The highest BCUT2D eigenvalue weighted by molar-refractivity contribution is 5.55. The molecule has 29 heavy (non-hydrogen) atoms. The molecule has 4 rings (SSSR count). The molecule has 2 aromatic heterocycles. The molecule has 0 spiro atoms. The first-order chi connectivity index (χ1) is 14.1. The van der Waals surface area contributed by atoms with Crippen LogP contribution in [0, 0.1) is 6.92 Å². The first-order valence-corrected chi connectivity index (χ1v) is 8.92. The molecule has 0 N–H and O–H groups in total. The van der Waals surface area contributed by atoms with Gasteiger partial charge in [0.15, 0.2) is 0 Å². The Kier molecular flexibility index (Phi) is 4.82. The van der Waals surface area contributed by atoms with Gasteiger partial charge in [-0.25, -0.2) is 0 Å². The van der Waals surface area contributed by atoms with E-state index in [0.717, 1.165) is 16.9 Å². The zero-order chi connectivity index (χ0) is 20.4. The summed E-state index contributed by atoms with van der Waals surface area (Å²) in [6.07, 6.45) is 3.10. The molecule has 0 aliphatic heterocycles. The van der Waals surface area contributed by atoms with Gasteiger partial charge in [-0.1, -0.05) is 23.4 Å². The predicted octanol–water partition coefficient (Wildman–Crippen LogP) is 2.41. The molecule has 0 atom stereocenters. The van der Waals surface area contributed by atoms with Crippen LogP contribution in [0.2, 0.25) is 0 Å². The molecule has 146 valence electrons. The summed E-state index contributed by atoms with van der Waals surface area (Å²) >= 11 is 0. The average Bonchev–Trinajstić information content (AvgIpc) is 3.21. The van der Waals surface area contributed by atoms with Crippen LogP contribution in [-0.2, 0) is 6.54 Å². The standard InChI is InChI=1S/C21H18N4O4/c1-14-5-3-4-6-17(14)25-12-11-24(20(26)21(25)27)13-18-22-19(23-29-18)15-7-9-16(28-2)10-8-15/h3-12H,13H2,1-2H3. The van der Waals surface area contributed by atoms with Gasteiger partial charge in [0, 0.05) is 18.0 Å². The number of ether oxygens (including phenoxy) is 1. The maximum absolute atomic E-state index is 12.6. The second-order valence-corrected chi connectivity index (χ2v) is 6.43. The van der Waals surface area contributed by atoms with E-state index in [-0.39, 0.29) is 12.4 Å². The third-order valence-electron chi connectivity index (χ3n) is 4.56. The molecule has 0 unspecified atom stereocenters. The van der Waals surface area contributed by atoms with Crippen molar-refractivity contribution in [1.29, 1.82) is 0 Å². The average molecular weight is 390 g/mol. The molecular weight excluding hydrogens is 372 g/mol. The number of methoxy groups -OCH3 is 1. The second kappa shape index (κ2) is 7.59. The summed E-state index contributed by atoms with van der Waals surface area (Å²) in [4.78, 5) is 29.4. The first-order valence-electron chi connectivity index (χ1n) is 8.92. The molecule has 0 bridgehead atoms. The summed E-state index contributed by atoms with van der Waals surface area (Å²) in [7, 11) is 1.59. The van der Waals surface area contributed by atoms with Gasteiger partial charge in [-0.15, -0.1) is 0 Å². The fraction of sp³-hybridized carbons (Fsp3) is 0.143. The molecule has 0 aliphatic carbocycles. The second-order valence-electron chi connectivity index (χ2n) is 6.43. The summed E-state index contributed by atoms with van der Waals surface area (Å²) in [5.41, 5.74) is 1.01. The first kappa shape index (κ1) is 18.4. The molecule has 4 aromatic rings. The van der Waals surface area contributed by atoms with E-state index in [2.05, 4.69) is 10.1 Å². The van der Waals surface area contributed by atoms with Crippen molar-refractivity contribution in [3.8, 4) is 22.8 Å². The van der Waals surface area contributed by atoms with E-state index in [4.69, 9.17) is 9.26 Å². The highest BCUT2D eigenvalue weighted by Gasteiger charge is 2.13. The number of nitrogens with zero attached hydrogens (tertiary/aromatic N) is 4. The molecular formula is C21H18N4O4. The number of rotatable bonds is 5. The van der Waals surface area contributed by atoms with Crippen molar-refractivity contribution in [2.75, 3.05) is 7.11 Å². The molecule has 0 amide bonds. The Hall–Kier alpha value is -3.94. The van der Waals surface area contributed by atoms with Crippen LogP contribution in [0.25, 0.3) is 17.1 Å². The number of para-hydroxylation sites is 1. The summed E-state index contributed by atoms with van der Waals surface area (Å²) in [5.74, 6) is 1.34. The van der Waals surface area contributed by atoms with Crippen molar-refractivity contribution in [1.82, 2.24) is 19.3 Å². The van der Waals surface area contributed by atoms with Crippen LogP contribution in [-0.4, -0.2) is 26.4 Å². The van der Waals surface area contributed by atoms with E-state index in [1.54, 1.807) is 31.5 Å². The monoisotopic (exact) mass is 390 g/mol. The minimum atomic E-state index is -0.667. The minimum absolute atomic E-state index is 0.00579. The molecule has 0 saturated heterocycles. The topological polar surface area (TPSA) is 92.2 Å². The Morgan fingerprint density at radius 1 is 1.00 bits per heavy atom. The molecule has 2 heterocycles. The fourth-order valence-electron chi connectivity index (χ4n) is 2.98. The van der Waals surface area contributed by atoms with Gasteiger partial charge in [0.25, 0.3) is 0 Å². The van der Waals surface area contributed by atoms with E-state index in [9.17, 15) is 9.59 Å². The zero-order valence-electron chi connectivity index (χ0n) is 15.9. The van der Waals surface area contributed by atoms with Crippen LogP contribution in [0.3, 0.4) is 0 Å². The Morgan fingerprint density at radius 3 is 2.48 bits per heavy atom. The largest absolute Gasteiger partial charge is 0.497 e. The van der Waals surface area contributed by atoms with Crippen molar-refractivity contribution in [3.05, 3.63) is 93.1 Å². The highest BCUT2D eigenvalue weighted by Crippen LogP contribution is 2.19. The van der Waals surface area contributed by atoms with Gasteiger partial charge < -0.3 is 9.26 Å². The SMILES string of the molecule is COc1ccc(-c2noc(Cn3ccn(-c4ccccc4C)c(=O)c3=O)n2)cc1. The van der Waals surface area contributed by atoms with Crippen molar-refractivity contribution in [3.63, 3.8) is 0 Å². The van der Waals surface area contributed by atoms with Crippen molar-refractivity contribution in [2.45, 2.75) is 13.5 Å². The van der Waals surface area contributed by atoms with Crippen LogP contribution in [0.5, 0.6) is 5.75 Å². The third kappa shape index (κ3) is 3.60. The fourth-order valence-corrected chi connectivity index (χ4v) is 2.98. The lowest BCUT2D eigenvalue weighted by Gasteiger charge is -2.09. The lowest BCUT2D eigenvalue weighted by molar-refractivity contribution is 0.369. The van der Waals surface area contributed by atoms with Crippen molar-refractivity contribution in [2.24, 2.45) is 0 Å². The lowest BCUT2D eigenvalue weighted by atomic mass is 10.2. The van der Waals surface area contributed by atoms with E-state index >= 15 is 0 Å². The maximum atomic E-state index is 12.6. The van der Waals surface area contributed by atoms with E-state index < -0.39 is 11.1 Å². The van der Waals surface area contributed by atoms with Gasteiger partial charge in [0.1, 0.15) is 12.3 Å². The third-order valence-corrected chi connectivity index (χ3v) is 4.56. The molecule has 8 heteroatoms. The van der Waals surface area contributed by atoms with Crippen LogP contribution < -0.4 is 15.9 Å². The normalized spacial score (nSPS) is 10.8. The van der Waals surface area contributed by atoms with Gasteiger partial charge in [-0.3, -0.25) is 18.7 Å². The quantitative estimate of drug-likeness (QED) is 0.486. The molecule has 8 nitrogen and oxygen atoms in total. The Labute approximate surface area is 165 Å². The smallest absolute Gasteiger partial charge is 0.320 e. The lowest BCUT2D eigenvalue weighted by Crippen LogP contribution is -2.40. The minimum Gasteiger partial charge on any atom is -0.497 e. The van der Waals surface area contributed by atoms with Crippen LogP contribution in [0.1, 0.15) is 11.5 Å². The molecule has 2 aromatic carbocycles. The Balaban J connectivity index is 1.61. The Bertz CT molecular complexity index is 1270. The van der Waals surface area contributed by atoms with Gasteiger partial charge in [-0.2, -0.15) is 4.98 Å². The van der Waals surface area contributed by atoms with Gasteiger partial charge in [-0.05, 0) is 42.8 Å². The van der Waals surface area contributed by atoms with Crippen LogP contribution in [0.15, 0.2) is 75.0 Å². The summed E-state index contributed by atoms with van der Waals surface area (Å²) < 4.78 is 13.0. The molecule has 0 aliphatic rings. The van der Waals surface area contributed by atoms with Gasteiger partial charge >= 0.3 is 11.1 Å². The van der Waals surface area contributed by atoms with Gasteiger partial charge in [0.05, 0.1) is 12.8 Å². The predicted molar refractivity (Wildman–Crippen MR) is 106 cm³/mol. The molecule has 0 saturated carbocycles. The van der Waals surface area contributed by atoms with E-state index in [1.165, 1.54) is 15.3 Å². The number of aromatic nitrogens is 4. The number of hydrogen-bond acceptors (Lipinski definition) is 6. The van der Waals surface area contributed by atoms with Crippen molar-refractivity contribution < 1.29 is 9.26 Å². The van der Waals surface area contributed by atoms with Crippen LogP contribution in [0.4, 0.5) is 0 Å². The van der Waals surface area contributed by atoms with E-state index in [1.807, 2.05) is 37.3 Å². The maximum Gasteiger partial charge on any atom is 0.320 e. The molecule has 0 radical (unpaired) electrons. The zero-order valence-corrected chi connectivity index (χ0v) is 15.9. The summed E-state index contributed by atoms with van der Waals surface area (Å²) in [5, 5.41) is 3.94. The van der Waals surface area contributed by atoms with Gasteiger partial charge in [0.2, 0.25) is 11.7 Å². The number of aryl methyl sites for hydroxylation is 1. The van der Waals surface area contributed by atoms with Crippen LogP contribution >= 0.6 is 0 Å². The summed E-state index contributed by atoms with van der Waals surface area (Å²) in [6.45, 7) is 1.89. The highest BCUT2D eigenvalue weighted by atomic mass is 16.5. The van der Waals surface area contributed by atoms with Crippen molar-refractivity contribution >= 4 is 0 Å². The number of benzene rings is 2. The van der Waals surface area contributed by atoms with E-state index in [0.29, 0.717) is 11.5 Å². The molecule has 0 fully saturated rings. The number of hydrogen-bond donors (Lipinski definition) is 0. The Morgan fingerprint density at radius 2 is 1.76 bits per heavy atom. The summed E-state index contributed by atoms with van der Waals surface area (Å²) in [6, 6.07) is 14.6.